The molecule has 0 fully saturated rings. The molecule has 0 aromatic heterocycles. The van der Waals surface area contributed by atoms with Crippen LogP contribution in [0.3, 0.4) is 0 Å². The minimum Gasteiger partial charge on any atom is -0.323 e. The van der Waals surface area contributed by atoms with Crippen molar-refractivity contribution in [3.8, 4) is 0 Å². The third kappa shape index (κ3) is 1.65. The number of hydrazone groups is 1. The molecule has 0 radical (unpaired) electrons. The van der Waals surface area contributed by atoms with Crippen molar-refractivity contribution < 1.29 is 0 Å². The Kier molecular flexibility index (Phi) is 2.53. The predicted octanol–water partition coefficient (Wildman–Crippen LogP) is 2.38. The molecule has 1 aromatic rings. The standard InChI is InChI=1S/C12H16N2/c1-9-6-7-11-10(8-9)4-2-3-5-12(11)14-13/h6-8H,2-5,13H2,1H3/b14-12-. The Morgan fingerprint density at radius 2 is 2.00 bits per heavy atom. The largest absolute Gasteiger partial charge is 0.323 e. The zero-order chi connectivity index (χ0) is 9.97. The van der Waals surface area contributed by atoms with Crippen molar-refractivity contribution in [1.29, 1.82) is 0 Å². The highest BCUT2D eigenvalue weighted by atomic mass is 15.1. The summed E-state index contributed by atoms with van der Waals surface area (Å²) < 4.78 is 0. The van der Waals surface area contributed by atoms with Crippen molar-refractivity contribution in [1.82, 2.24) is 0 Å². The highest BCUT2D eigenvalue weighted by Gasteiger charge is 2.13. The lowest BCUT2D eigenvalue weighted by Gasteiger charge is -2.07. The molecule has 0 unspecified atom stereocenters. The van der Waals surface area contributed by atoms with Gasteiger partial charge in [0.2, 0.25) is 0 Å². The smallest absolute Gasteiger partial charge is 0.0675 e. The molecule has 1 aliphatic rings. The number of aryl methyl sites for hydroxylation is 2. The van der Waals surface area contributed by atoms with Crippen LogP contribution < -0.4 is 5.84 Å². The molecule has 2 nitrogen and oxygen atoms in total. The first-order valence-electron chi connectivity index (χ1n) is 5.18. The summed E-state index contributed by atoms with van der Waals surface area (Å²) in [7, 11) is 0. The topological polar surface area (TPSA) is 38.4 Å². The summed E-state index contributed by atoms with van der Waals surface area (Å²) in [6.45, 7) is 2.13. The minimum absolute atomic E-state index is 1.02. The van der Waals surface area contributed by atoms with Crippen LogP contribution in [-0.4, -0.2) is 5.71 Å². The molecular formula is C12H16N2. The average molecular weight is 188 g/mol. The van der Waals surface area contributed by atoms with E-state index in [0.717, 1.165) is 18.6 Å². The van der Waals surface area contributed by atoms with E-state index in [1.165, 1.54) is 29.5 Å². The number of nitrogens with zero attached hydrogens (tertiary/aromatic N) is 1. The van der Waals surface area contributed by atoms with E-state index in [2.05, 4.69) is 30.2 Å². The highest BCUT2D eigenvalue weighted by molar-refractivity contribution is 6.02. The Hall–Kier alpha value is -1.31. The van der Waals surface area contributed by atoms with Crippen LogP contribution in [0.2, 0.25) is 0 Å². The number of benzene rings is 1. The van der Waals surface area contributed by atoms with E-state index in [1.807, 2.05) is 0 Å². The van der Waals surface area contributed by atoms with Gasteiger partial charge in [-0.1, -0.05) is 23.8 Å². The molecule has 0 atom stereocenters. The fourth-order valence-electron chi connectivity index (χ4n) is 2.09. The van der Waals surface area contributed by atoms with Crippen LogP contribution in [0.4, 0.5) is 0 Å². The van der Waals surface area contributed by atoms with Crippen LogP contribution >= 0.6 is 0 Å². The first kappa shape index (κ1) is 9.25. The predicted molar refractivity (Wildman–Crippen MR) is 59.5 cm³/mol. The lowest BCUT2D eigenvalue weighted by atomic mass is 9.99. The van der Waals surface area contributed by atoms with Gasteiger partial charge in [-0.2, -0.15) is 5.10 Å². The molecule has 1 aliphatic carbocycles. The highest BCUT2D eigenvalue weighted by Crippen LogP contribution is 2.21. The van der Waals surface area contributed by atoms with E-state index in [-0.39, 0.29) is 0 Å². The maximum atomic E-state index is 5.41. The van der Waals surface area contributed by atoms with Gasteiger partial charge >= 0.3 is 0 Å². The van der Waals surface area contributed by atoms with Gasteiger partial charge in [-0.05, 0) is 38.2 Å². The number of rotatable bonds is 0. The zero-order valence-electron chi connectivity index (χ0n) is 8.59. The molecule has 0 bridgehead atoms. The molecule has 0 spiro atoms. The lowest BCUT2D eigenvalue weighted by Crippen LogP contribution is -2.05. The quantitative estimate of drug-likeness (QED) is 0.379. The van der Waals surface area contributed by atoms with Gasteiger partial charge in [0.15, 0.2) is 0 Å². The van der Waals surface area contributed by atoms with Gasteiger partial charge in [0.25, 0.3) is 0 Å². The van der Waals surface area contributed by atoms with Crippen LogP contribution in [-0.2, 0) is 6.42 Å². The molecule has 2 heteroatoms. The summed E-state index contributed by atoms with van der Waals surface area (Å²) in [5.74, 6) is 5.41. The van der Waals surface area contributed by atoms with Crippen LogP contribution in [0, 0.1) is 6.92 Å². The van der Waals surface area contributed by atoms with Crippen LogP contribution in [0.5, 0.6) is 0 Å². The summed E-state index contributed by atoms with van der Waals surface area (Å²) >= 11 is 0. The monoisotopic (exact) mass is 188 g/mol. The first-order valence-corrected chi connectivity index (χ1v) is 5.18. The second kappa shape index (κ2) is 3.82. The van der Waals surface area contributed by atoms with E-state index < -0.39 is 0 Å². The minimum atomic E-state index is 1.02. The Labute approximate surface area is 84.8 Å². The molecule has 0 heterocycles. The van der Waals surface area contributed by atoms with Gasteiger partial charge in [0, 0.05) is 5.56 Å². The van der Waals surface area contributed by atoms with Crippen molar-refractivity contribution in [3.63, 3.8) is 0 Å². The van der Waals surface area contributed by atoms with Crippen LogP contribution in [0.15, 0.2) is 23.3 Å². The average Bonchev–Trinajstić information content (AvgIpc) is 2.38. The van der Waals surface area contributed by atoms with Crippen molar-refractivity contribution in [2.45, 2.75) is 32.6 Å². The van der Waals surface area contributed by atoms with Gasteiger partial charge in [-0.25, -0.2) is 0 Å². The zero-order valence-corrected chi connectivity index (χ0v) is 8.59. The summed E-state index contributed by atoms with van der Waals surface area (Å²) in [4.78, 5) is 0. The molecule has 2 rings (SSSR count). The van der Waals surface area contributed by atoms with E-state index >= 15 is 0 Å². The molecule has 14 heavy (non-hydrogen) atoms. The molecule has 0 aliphatic heterocycles. The van der Waals surface area contributed by atoms with E-state index in [0.29, 0.717) is 0 Å². The molecule has 74 valence electrons. The van der Waals surface area contributed by atoms with E-state index in [9.17, 15) is 0 Å². The normalized spacial score (nSPS) is 19.1. The molecule has 2 N–H and O–H groups in total. The van der Waals surface area contributed by atoms with Gasteiger partial charge < -0.3 is 5.84 Å². The van der Waals surface area contributed by atoms with Gasteiger partial charge in [-0.3, -0.25) is 0 Å². The maximum absolute atomic E-state index is 5.41. The molecule has 0 amide bonds. The lowest BCUT2D eigenvalue weighted by molar-refractivity contribution is 0.775. The van der Waals surface area contributed by atoms with Crippen LogP contribution in [0.25, 0.3) is 0 Å². The van der Waals surface area contributed by atoms with E-state index in [4.69, 9.17) is 5.84 Å². The first-order chi connectivity index (χ1) is 6.81. The summed E-state index contributed by atoms with van der Waals surface area (Å²) in [6.07, 6.45) is 4.63. The van der Waals surface area contributed by atoms with Gasteiger partial charge in [-0.15, -0.1) is 0 Å². The van der Waals surface area contributed by atoms with Crippen LogP contribution in [0.1, 0.15) is 36.0 Å². The summed E-state index contributed by atoms with van der Waals surface area (Å²) in [6, 6.07) is 6.54. The number of fused-ring (bicyclic) bond motifs is 1. The molecule has 1 aromatic carbocycles. The molecule has 0 saturated carbocycles. The van der Waals surface area contributed by atoms with Crippen molar-refractivity contribution in [3.05, 3.63) is 34.9 Å². The maximum Gasteiger partial charge on any atom is 0.0675 e. The second-order valence-corrected chi connectivity index (χ2v) is 3.94. The third-order valence-electron chi connectivity index (χ3n) is 2.84. The van der Waals surface area contributed by atoms with E-state index in [1.54, 1.807) is 0 Å². The van der Waals surface area contributed by atoms with Gasteiger partial charge in [0.1, 0.15) is 0 Å². The SMILES string of the molecule is Cc1ccc2c(c1)CCCC/C2=N/N. The Morgan fingerprint density at radius 3 is 2.79 bits per heavy atom. The number of hydrogen-bond acceptors (Lipinski definition) is 2. The Bertz CT molecular complexity index is 367. The molecular weight excluding hydrogens is 172 g/mol. The molecule has 0 saturated heterocycles. The second-order valence-electron chi connectivity index (χ2n) is 3.94. The number of nitrogens with two attached hydrogens (primary N) is 1. The van der Waals surface area contributed by atoms with Crippen molar-refractivity contribution in [2.24, 2.45) is 10.9 Å². The van der Waals surface area contributed by atoms with Crippen molar-refractivity contribution in [2.75, 3.05) is 0 Å². The Morgan fingerprint density at radius 1 is 1.21 bits per heavy atom. The fourth-order valence-corrected chi connectivity index (χ4v) is 2.09. The van der Waals surface area contributed by atoms with Crippen molar-refractivity contribution >= 4 is 5.71 Å². The fraction of sp³-hybridized carbons (Fsp3) is 0.417. The number of hydrogen-bond donors (Lipinski definition) is 1. The van der Waals surface area contributed by atoms with Gasteiger partial charge in [0.05, 0.1) is 5.71 Å². The summed E-state index contributed by atoms with van der Waals surface area (Å²) in [5.41, 5.74) is 5.06. The summed E-state index contributed by atoms with van der Waals surface area (Å²) in [5, 5.41) is 3.90. The Balaban J connectivity index is 2.50. The third-order valence-corrected chi connectivity index (χ3v) is 2.84.